The fourth-order valence-electron chi connectivity index (χ4n) is 2.62. The summed E-state index contributed by atoms with van der Waals surface area (Å²) in [6, 6.07) is 7.86. The summed E-state index contributed by atoms with van der Waals surface area (Å²) in [5.41, 5.74) is 8.10. The molecule has 1 aromatic heterocycles. The molecule has 19 heavy (non-hydrogen) atoms. The molecule has 0 saturated heterocycles. The van der Waals surface area contributed by atoms with Crippen LogP contribution < -0.4 is 5.73 Å². The van der Waals surface area contributed by atoms with Crippen molar-refractivity contribution in [2.24, 2.45) is 0 Å². The van der Waals surface area contributed by atoms with Crippen LogP contribution in [0.1, 0.15) is 38.3 Å². The Labute approximate surface area is 117 Å². The Hall–Kier alpha value is -1.39. The second-order valence-corrected chi connectivity index (χ2v) is 6.94. The molecule has 0 radical (unpaired) electrons. The van der Waals surface area contributed by atoms with E-state index in [4.69, 9.17) is 15.5 Å². The molecule has 1 aliphatic heterocycles. The van der Waals surface area contributed by atoms with Crippen molar-refractivity contribution in [1.29, 1.82) is 0 Å². The highest BCUT2D eigenvalue weighted by Gasteiger charge is 2.46. The summed E-state index contributed by atoms with van der Waals surface area (Å²) in [4.78, 5) is 6.02. The molecule has 0 unspecified atom stereocenters. The van der Waals surface area contributed by atoms with Crippen molar-refractivity contribution >= 4 is 17.0 Å². The quantitative estimate of drug-likeness (QED) is 0.802. The van der Waals surface area contributed by atoms with Crippen LogP contribution >= 0.6 is 11.3 Å². The Morgan fingerprint density at radius 3 is 2.26 bits per heavy atom. The van der Waals surface area contributed by atoms with E-state index in [1.165, 1.54) is 4.88 Å². The van der Waals surface area contributed by atoms with E-state index in [2.05, 4.69) is 27.7 Å². The van der Waals surface area contributed by atoms with E-state index >= 15 is 0 Å². The number of thiazole rings is 1. The van der Waals surface area contributed by atoms with Crippen LogP contribution in [0.3, 0.4) is 0 Å². The lowest BCUT2D eigenvalue weighted by Crippen LogP contribution is -2.23. The van der Waals surface area contributed by atoms with Crippen LogP contribution in [0.2, 0.25) is 0 Å². The number of ether oxygens (including phenoxy) is 1. The van der Waals surface area contributed by atoms with Crippen LogP contribution in [0.25, 0.3) is 10.6 Å². The van der Waals surface area contributed by atoms with E-state index in [1.807, 2.05) is 24.3 Å². The number of aromatic nitrogens is 1. The van der Waals surface area contributed by atoms with Crippen LogP contribution in [0.4, 0.5) is 5.69 Å². The van der Waals surface area contributed by atoms with Gasteiger partial charge in [0.05, 0.1) is 16.2 Å². The van der Waals surface area contributed by atoms with Crippen molar-refractivity contribution in [3.05, 3.63) is 34.8 Å². The van der Waals surface area contributed by atoms with Gasteiger partial charge in [0.15, 0.2) is 0 Å². The maximum atomic E-state index is 6.08. The van der Waals surface area contributed by atoms with Crippen molar-refractivity contribution in [2.45, 2.75) is 38.9 Å². The highest BCUT2D eigenvalue weighted by molar-refractivity contribution is 7.15. The average Bonchev–Trinajstić information content (AvgIpc) is 2.80. The van der Waals surface area contributed by atoms with Crippen molar-refractivity contribution in [3.63, 3.8) is 0 Å². The van der Waals surface area contributed by atoms with Crippen LogP contribution in [0, 0.1) is 0 Å². The Balaban J connectivity index is 2.11. The normalized spacial score (nSPS) is 19.4. The zero-order chi connectivity index (χ0) is 13.8. The summed E-state index contributed by atoms with van der Waals surface area (Å²) < 4.78 is 6.08. The first-order valence-corrected chi connectivity index (χ1v) is 7.19. The van der Waals surface area contributed by atoms with Crippen molar-refractivity contribution in [1.82, 2.24) is 4.98 Å². The van der Waals surface area contributed by atoms with Gasteiger partial charge in [-0.25, -0.2) is 4.98 Å². The summed E-state index contributed by atoms with van der Waals surface area (Å²) in [6.45, 7) is 8.36. The number of hydrogen-bond donors (Lipinski definition) is 1. The van der Waals surface area contributed by atoms with Gasteiger partial charge < -0.3 is 10.5 Å². The Morgan fingerprint density at radius 2 is 1.68 bits per heavy atom. The molecule has 0 bridgehead atoms. The Bertz CT molecular complexity index is 595. The molecule has 0 spiro atoms. The number of nitrogens with two attached hydrogens (primary N) is 1. The lowest BCUT2D eigenvalue weighted by Gasteiger charge is -2.24. The van der Waals surface area contributed by atoms with Crippen LogP contribution in [0.5, 0.6) is 0 Å². The predicted molar refractivity (Wildman–Crippen MR) is 79.1 cm³/mol. The van der Waals surface area contributed by atoms with E-state index in [1.54, 1.807) is 11.3 Å². The second kappa shape index (κ2) is 3.81. The topological polar surface area (TPSA) is 48.1 Å². The van der Waals surface area contributed by atoms with E-state index in [0.29, 0.717) is 0 Å². The standard InChI is InChI=1S/C15H18N2OS/c1-14(2)11-12(15(3,4)18-14)19-13(17-11)9-5-7-10(16)8-6-9/h5-8H,16H2,1-4H3. The molecule has 0 aliphatic carbocycles. The smallest absolute Gasteiger partial charge is 0.124 e. The zero-order valence-corrected chi connectivity index (χ0v) is 12.5. The van der Waals surface area contributed by atoms with Gasteiger partial charge in [-0.2, -0.15) is 0 Å². The lowest BCUT2D eigenvalue weighted by atomic mass is 10.0. The first kappa shape index (κ1) is 12.6. The minimum atomic E-state index is -0.318. The van der Waals surface area contributed by atoms with Crippen molar-refractivity contribution in [2.75, 3.05) is 5.73 Å². The monoisotopic (exact) mass is 274 g/mol. The van der Waals surface area contributed by atoms with E-state index < -0.39 is 0 Å². The molecule has 2 aromatic rings. The summed E-state index contributed by atoms with van der Waals surface area (Å²) in [6.07, 6.45) is 0. The Kier molecular flexibility index (Phi) is 2.53. The highest BCUT2D eigenvalue weighted by atomic mass is 32.1. The number of nitrogen functional groups attached to an aromatic ring is 1. The molecule has 2 heterocycles. The lowest BCUT2D eigenvalue weighted by molar-refractivity contribution is -0.105. The first-order chi connectivity index (χ1) is 8.79. The third kappa shape index (κ3) is 1.95. The second-order valence-electron chi connectivity index (χ2n) is 5.94. The van der Waals surface area contributed by atoms with Crippen molar-refractivity contribution in [3.8, 4) is 10.6 Å². The summed E-state index contributed by atoms with van der Waals surface area (Å²) >= 11 is 1.71. The first-order valence-electron chi connectivity index (χ1n) is 6.37. The summed E-state index contributed by atoms with van der Waals surface area (Å²) in [5, 5.41) is 1.04. The molecule has 4 heteroatoms. The molecule has 3 rings (SSSR count). The minimum absolute atomic E-state index is 0.261. The van der Waals surface area contributed by atoms with Crippen LogP contribution in [-0.4, -0.2) is 4.98 Å². The predicted octanol–water partition coefficient (Wildman–Crippen LogP) is 3.89. The number of fused-ring (bicyclic) bond motifs is 1. The molecular formula is C15H18N2OS. The van der Waals surface area contributed by atoms with Gasteiger partial charge in [-0.15, -0.1) is 11.3 Å². The van der Waals surface area contributed by atoms with E-state index in [-0.39, 0.29) is 11.2 Å². The van der Waals surface area contributed by atoms with Gasteiger partial charge in [-0.3, -0.25) is 0 Å². The van der Waals surface area contributed by atoms with Gasteiger partial charge >= 0.3 is 0 Å². The number of rotatable bonds is 1. The maximum Gasteiger partial charge on any atom is 0.124 e. The zero-order valence-electron chi connectivity index (χ0n) is 11.7. The van der Waals surface area contributed by atoms with Crippen LogP contribution in [-0.2, 0) is 15.9 Å². The summed E-state index contributed by atoms with van der Waals surface area (Å²) in [5.74, 6) is 0. The number of nitrogens with zero attached hydrogens (tertiary/aromatic N) is 1. The highest BCUT2D eigenvalue weighted by Crippen LogP contribution is 2.50. The molecule has 0 amide bonds. The third-order valence-electron chi connectivity index (χ3n) is 3.41. The van der Waals surface area contributed by atoms with Gasteiger partial charge in [-0.05, 0) is 52.0 Å². The molecular weight excluding hydrogens is 256 g/mol. The molecule has 1 aromatic carbocycles. The average molecular weight is 274 g/mol. The van der Waals surface area contributed by atoms with E-state index in [0.717, 1.165) is 22.0 Å². The Morgan fingerprint density at radius 1 is 1.05 bits per heavy atom. The minimum Gasteiger partial charge on any atom is -0.399 e. The molecule has 0 atom stereocenters. The van der Waals surface area contributed by atoms with E-state index in [9.17, 15) is 0 Å². The van der Waals surface area contributed by atoms with Crippen LogP contribution in [0.15, 0.2) is 24.3 Å². The number of anilines is 1. The molecule has 2 N–H and O–H groups in total. The number of benzene rings is 1. The van der Waals surface area contributed by atoms with Gasteiger partial charge in [0.1, 0.15) is 10.6 Å². The largest absolute Gasteiger partial charge is 0.399 e. The van der Waals surface area contributed by atoms with Gasteiger partial charge in [0.2, 0.25) is 0 Å². The molecule has 3 nitrogen and oxygen atoms in total. The number of hydrogen-bond acceptors (Lipinski definition) is 4. The fourth-order valence-corrected chi connectivity index (χ4v) is 3.88. The van der Waals surface area contributed by atoms with Gasteiger partial charge in [0.25, 0.3) is 0 Å². The molecule has 0 saturated carbocycles. The maximum absolute atomic E-state index is 6.08. The third-order valence-corrected chi connectivity index (χ3v) is 4.82. The fraction of sp³-hybridized carbons (Fsp3) is 0.400. The molecule has 100 valence electrons. The van der Waals surface area contributed by atoms with Gasteiger partial charge in [0, 0.05) is 11.3 Å². The SMILES string of the molecule is CC1(C)OC(C)(C)c2sc(-c3ccc(N)cc3)nc21. The van der Waals surface area contributed by atoms with Crippen molar-refractivity contribution < 1.29 is 4.74 Å². The van der Waals surface area contributed by atoms with Gasteiger partial charge in [-0.1, -0.05) is 0 Å². The molecule has 0 fully saturated rings. The molecule has 1 aliphatic rings. The summed E-state index contributed by atoms with van der Waals surface area (Å²) in [7, 11) is 0.